The molecule has 4 heteroatoms. The molecule has 0 radical (unpaired) electrons. The molecule has 19 heavy (non-hydrogen) atoms. The van der Waals surface area contributed by atoms with Gasteiger partial charge in [-0.15, -0.1) is 11.8 Å². The number of benzene rings is 1. The predicted molar refractivity (Wildman–Crippen MR) is 77.2 cm³/mol. The lowest BCUT2D eigenvalue weighted by molar-refractivity contribution is -0.145. The maximum Gasteiger partial charge on any atom is 0.314 e. The summed E-state index contributed by atoms with van der Waals surface area (Å²) in [5.41, 5.74) is 0.0978. The Morgan fingerprint density at radius 1 is 1.32 bits per heavy atom. The van der Waals surface area contributed by atoms with E-state index in [-0.39, 0.29) is 0 Å². The summed E-state index contributed by atoms with van der Waals surface area (Å²) in [7, 11) is 1.61. The molecule has 0 atom stereocenters. The summed E-state index contributed by atoms with van der Waals surface area (Å²) in [5.74, 6) is -0.0110. The maximum atomic E-state index is 11.9. The number of hydrogen-bond donors (Lipinski definition) is 1. The second-order valence-corrected chi connectivity index (χ2v) is 5.83. The van der Waals surface area contributed by atoms with Gasteiger partial charge in [-0.25, -0.2) is 0 Å². The number of carboxylic acid groups (broad SMARTS) is 1. The van der Waals surface area contributed by atoms with Gasteiger partial charge in [-0.3, -0.25) is 4.79 Å². The van der Waals surface area contributed by atoms with E-state index >= 15 is 0 Å². The molecule has 0 aromatic heterocycles. The van der Waals surface area contributed by atoms with Crippen LogP contribution >= 0.6 is 11.8 Å². The van der Waals surface area contributed by atoms with E-state index in [0.717, 1.165) is 29.7 Å². The van der Waals surface area contributed by atoms with E-state index in [2.05, 4.69) is 0 Å². The predicted octanol–water partition coefficient (Wildman–Crippen LogP) is 3.70. The summed E-state index contributed by atoms with van der Waals surface area (Å²) in [6.07, 6.45) is 6.46. The third-order valence-corrected chi connectivity index (χ3v) is 4.80. The first-order chi connectivity index (χ1) is 9.15. The Kier molecular flexibility index (Phi) is 4.40. The van der Waals surface area contributed by atoms with Crippen LogP contribution in [0.2, 0.25) is 0 Å². The number of carboxylic acids is 1. The fourth-order valence-corrected chi connectivity index (χ4v) is 3.76. The molecule has 1 aromatic carbocycles. The number of ether oxygens (including phenoxy) is 1. The van der Waals surface area contributed by atoms with Crippen molar-refractivity contribution in [3.05, 3.63) is 23.8 Å². The molecular weight excluding hydrogens is 260 g/mol. The zero-order chi connectivity index (χ0) is 13.9. The molecular formula is C15H20O3S. The molecule has 0 aliphatic heterocycles. The molecule has 1 aromatic rings. The number of carbonyl (C=O) groups is 1. The Morgan fingerprint density at radius 2 is 2.00 bits per heavy atom. The highest BCUT2D eigenvalue weighted by Crippen LogP contribution is 2.47. The molecule has 0 amide bonds. The Bertz CT molecular complexity index is 442. The van der Waals surface area contributed by atoms with Crippen LogP contribution in [-0.2, 0) is 10.2 Å². The third-order valence-electron chi connectivity index (χ3n) is 4.02. The van der Waals surface area contributed by atoms with E-state index in [9.17, 15) is 9.90 Å². The van der Waals surface area contributed by atoms with Gasteiger partial charge in [0.2, 0.25) is 0 Å². The molecule has 0 heterocycles. The molecule has 1 saturated carbocycles. The van der Waals surface area contributed by atoms with Crippen molar-refractivity contribution < 1.29 is 14.6 Å². The van der Waals surface area contributed by atoms with E-state index in [4.69, 9.17) is 4.74 Å². The van der Waals surface area contributed by atoms with Crippen LogP contribution < -0.4 is 4.74 Å². The first-order valence-electron chi connectivity index (χ1n) is 6.60. The highest BCUT2D eigenvalue weighted by Gasteiger charge is 2.44. The van der Waals surface area contributed by atoms with E-state index < -0.39 is 11.4 Å². The van der Waals surface area contributed by atoms with Gasteiger partial charge >= 0.3 is 5.97 Å². The third kappa shape index (κ3) is 2.46. The van der Waals surface area contributed by atoms with Crippen molar-refractivity contribution in [1.29, 1.82) is 0 Å². The molecule has 0 unspecified atom stereocenters. The fourth-order valence-electron chi connectivity index (χ4n) is 3.05. The van der Waals surface area contributed by atoms with Crippen LogP contribution in [0.4, 0.5) is 0 Å². The molecule has 104 valence electrons. The monoisotopic (exact) mass is 280 g/mol. The Balaban J connectivity index is 2.61. The molecule has 2 rings (SSSR count). The lowest BCUT2D eigenvalue weighted by atomic mass is 9.69. The number of thioether (sulfide) groups is 1. The lowest BCUT2D eigenvalue weighted by Gasteiger charge is -2.35. The van der Waals surface area contributed by atoms with Crippen LogP contribution in [0.5, 0.6) is 5.75 Å². The van der Waals surface area contributed by atoms with Crippen molar-refractivity contribution in [1.82, 2.24) is 0 Å². The van der Waals surface area contributed by atoms with Crippen LogP contribution in [0.15, 0.2) is 23.1 Å². The molecule has 3 nitrogen and oxygen atoms in total. The molecule has 1 fully saturated rings. The van der Waals surface area contributed by atoms with Gasteiger partial charge in [0, 0.05) is 10.5 Å². The number of rotatable bonds is 4. The molecule has 0 bridgehead atoms. The van der Waals surface area contributed by atoms with Gasteiger partial charge in [0.15, 0.2) is 0 Å². The van der Waals surface area contributed by atoms with Crippen LogP contribution in [0.25, 0.3) is 0 Å². The largest absolute Gasteiger partial charge is 0.496 e. The van der Waals surface area contributed by atoms with E-state index in [0.29, 0.717) is 18.6 Å². The van der Waals surface area contributed by atoms with E-state index in [1.165, 1.54) is 0 Å². The van der Waals surface area contributed by atoms with Crippen LogP contribution in [0.1, 0.15) is 37.7 Å². The standard InChI is InChI=1S/C15H20O3S/c1-18-11-7-6-8-12(19-2)13(11)15(14(16)17)9-4-3-5-10-15/h6-8H,3-5,9-10H2,1-2H3,(H,16,17). The van der Waals surface area contributed by atoms with Gasteiger partial charge in [-0.2, -0.15) is 0 Å². The summed E-state index contributed by atoms with van der Waals surface area (Å²) in [5, 5.41) is 9.82. The van der Waals surface area contributed by atoms with Crippen molar-refractivity contribution in [2.45, 2.75) is 42.4 Å². The summed E-state index contributed by atoms with van der Waals surface area (Å²) in [6, 6.07) is 5.78. The minimum absolute atomic E-state index is 0.705. The van der Waals surface area contributed by atoms with E-state index in [1.54, 1.807) is 18.9 Å². The van der Waals surface area contributed by atoms with Gasteiger partial charge in [-0.05, 0) is 31.2 Å². The van der Waals surface area contributed by atoms with Crippen molar-refractivity contribution in [2.75, 3.05) is 13.4 Å². The Hall–Kier alpha value is -1.16. The van der Waals surface area contributed by atoms with Crippen molar-refractivity contribution in [2.24, 2.45) is 0 Å². The Morgan fingerprint density at radius 3 is 2.53 bits per heavy atom. The quantitative estimate of drug-likeness (QED) is 0.854. The molecule has 1 N–H and O–H groups in total. The second-order valence-electron chi connectivity index (χ2n) is 4.99. The molecule has 1 aliphatic rings. The van der Waals surface area contributed by atoms with Crippen molar-refractivity contribution in [3.8, 4) is 5.75 Å². The normalized spacial score (nSPS) is 18.0. The summed E-state index contributed by atoms with van der Waals surface area (Å²) in [6.45, 7) is 0. The first-order valence-corrected chi connectivity index (χ1v) is 7.83. The van der Waals surface area contributed by atoms with Crippen molar-refractivity contribution in [3.63, 3.8) is 0 Å². The zero-order valence-electron chi connectivity index (χ0n) is 11.4. The topological polar surface area (TPSA) is 46.5 Å². The SMILES string of the molecule is COc1cccc(SC)c1C1(C(=O)O)CCCCC1. The van der Waals surface area contributed by atoms with Gasteiger partial charge in [0.1, 0.15) is 5.75 Å². The smallest absolute Gasteiger partial charge is 0.314 e. The number of methoxy groups -OCH3 is 1. The number of aliphatic carboxylic acids is 1. The van der Waals surface area contributed by atoms with Crippen LogP contribution in [0, 0.1) is 0 Å². The lowest BCUT2D eigenvalue weighted by Crippen LogP contribution is -2.38. The summed E-state index contributed by atoms with van der Waals surface area (Å²) >= 11 is 1.59. The minimum atomic E-state index is -0.775. The fraction of sp³-hybridized carbons (Fsp3) is 0.533. The highest BCUT2D eigenvalue weighted by atomic mass is 32.2. The average Bonchev–Trinajstić information content (AvgIpc) is 2.46. The van der Waals surface area contributed by atoms with Crippen LogP contribution in [-0.4, -0.2) is 24.4 Å². The first kappa shape index (κ1) is 14.3. The zero-order valence-corrected chi connectivity index (χ0v) is 12.3. The summed E-state index contributed by atoms with van der Waals surface area (Å²) < 4.78 is 5.44. The van der Waals surface area contributed by atoms with Gasteiger partial charge in [-0.1, -0.05) is 25.3 Å². The van der Waals surface area contributed by atoms with Crippen molar-refractivity contribution >= 4 is 17.7 Å². The van der Waals surface area contributed by atoms with Gasteiger partial charge < -0.3 is 9.84 Å². The number of hydrogen-bond acceptors (Lipinski definition) is 3. The van der Waals surface area contributed by atoms with E-state index in [1.807, 2.05) is 24.5 Å². The minimum Gasteiger partial charge on any atom is -0.496 e. The van der Waals surface area contributed by atoms with Gasteiger partial charge in [0.25, 0.3) is 0 Å². The summed E-state index contributed by atoms with van der Waals surface area (Å²) in [4.78, 5) is 13.0. The molecule has 0 spiro atoms. The molecule has 1 aliphatic carbocycles. The Labute approximate surface area is 118 Å². The highest BCUT2D eigenvalue weighted by molar-refractivity contribution is 7.98. The second kappa shape index (κ2) is 5.87. The maximum absolute atomic E-state index is 11.9. The van der Waals surface area contributed by atoms with Gasteiger partial charge in [0.05, 0.1) is 12.5 Å². The molecule has 0 saturated heterocycles. The van der Waals surface area contributed by atoms with Crippen LogP contribution in [0.3, 0.4) is 0 Å². The average molecular weight is 280 g/mol.